The predicted molar refractivity (Wildman–Crippen MR) is 103 cm³/mol. The van der Waals surface area contributed by atoms with Gasteiger partial charge >= 0.3 is 5.97 Å². The van der Waals surface area contributed by atoms with Gasteiger partial charge < -0.3 is 24.7 Å². The Morgan fingerprint density at radius 1 is 1.45 bits per heavy atom. The van der Waals surface area contributed by atoms with Crippen molar-refractivity contribution in [2.75, 3.05) is 38.2 Å². The van der Waals surface area contributed by atoms with E-state index in [1.54, 1.807) is 9.47 Å². The summed E-state index contributed by atoms with van der Waals surface area (Å²) < 4.78 is 16.7. The average molecular weight is 401 g/mol. The molecule has 10 heteroatoms. The number of carbonyl (C=O) groups is 1. The standard InChI is InChI=1S/C19H20FN5O4/c1-29-23-14-6-24(9-19(14)7-21-8-19)17-13(20)4-11-15(26)12(18(27)28)5-25(10-2-3-10)16(11)22-17/h4-5,10,21H,2-3,6-9H2,1H3,(H,27,28)/b23-14-. The van der Waals surface area contributed by atoms with Gasteiger partial charge in [0.05, 0.1) is 23.1 Å². The van der Waals surface area contributed by atoms with E-state index in [2.05, 4.69) is 15.5 Å². The third-order valence-electron chi connectivity index (χ3n) is 5.98. The van der Waals surface area contributed by atoms with E-state index in [-0.39, 0.29) is 28.2 Å². The molecular weight excluding hydrogens is 381 g/mol. The minimum absolute atomic E-state index is 0.0111. The number of rotatable bonds is 4. The highest BCUT2D eigenvalue weighted by atomic mass is 19.1. The van der Waals surface area contributed by atoms with Crippen molar-refractivity contribution >= 4 is 28.5 Å². The van der Waals surface area contributed by atoms with Gasteiger partial charge in [-0.25, -0.2) is 14.2 Å². The molecule has 152 valence electrons. The van der Waals surface area contributed by atoms with Crippen LogP contribution in [0.4, 0.5) is 10.2 Å². The van der Waals surface area contributed by atoms with Gasteiger partial charge in [-0.2, -0.15) is 0 Å². The predicted octanol–water partition coefficient (Wildman–Crippen LogP) is 0.981. The molecule has 2 aromatic rings. The summed E-state index contributed by atoms with van der Waals surface area (Å²) in [4.78, 5) is 35.3. The zero-order chi connectivity index (χ0) is 20.3. The lowest BCUT2D eigenvalue weighted by atomic mass is 9.79. The average Bonchev–Trinajstić information content (AvgIpc) is 3.42. The Morgan fingerprint density at radius 3 is 2.79 bits per heavy atom. The summed E-state index contributed by atoms with van der Waals surface area (Å²) in [6.45, 7) is 2.38. The molecule has 1 spiro atoms. The summed E-state index contributed by atoms with van der Waals surface area (Å²) in [5.41, 5.74) is -0.140. The van der Waals surface area contributed by atoms with Gasteiger partial charge in [-0.05, 0) is 18.9 Å². The number of nitrogens with zero attached hydrogens (tertiary/aromatic N) is 4. The highest BCUT2D eigenvalue weighted by Gasteiger charge is 2.50. The maximum Gasteiger partial charge on any atom is 0.341 e. The Hall–Kier alpha value is -3.01. The quantitative estimate of drug-likeness (QED) is 0.735. The van der Waals surface area contributed by atoms with Gasteiger partial charge in [0.25, 0.3) is 0 Å². The van der Waals surface area contributed by atoms with Crippen molar-refractivity contribution in [2.24, 2.45) is 10.6 Å². The summed E-state index contributed by atoms with van der Waals surface area (Å²) in [5.74, 6) is -1.84. The van der Waals surface area contributed by atoms with Crippen LogP contribution in [0.3, 0.4) is 0 Å². The normalized spacial score (nSPS) is 21.7. The first-order chi connectivity index (χ1) is 13.9. The van der Waals surface area contributed by atoms with Crippen molar-refractivity contribution < 1.29 is 19.1 Å². The molecule has 2 aromatic heterocycles. The Kier molecular flexibility index (Phi) is 3.89. The Labute approximate surface area is 164 Å². The number of oxime groups is 1. The lowest BCUT2D eigenvalue weighted by Crippen LogP contribution is -2.58. The second-order valence-electron chi connectivity index (χ2n) is 7.94. The smallest absolute Gasteiger partial charge is 0.341 e. The van der Waals surface area contributed by atoms with Crippen LogP contribution < -0.4 is 15.6 Å². The van der Waals surface area contributed by atoms with Crippen LogP contribution in [-0.2, 0) is 4.84 Å². The number of hydrogen-bond acceptors (Lipinski definition) is 7. The molecule has 3 aliphatic rings. The van der Waals surface area contributed by atoms with E-state index in [1.807, 2.05) is 0 Å². The van der Waals surface area contributed by atoms with E-state index in [4.69, 9.17) is 4.84 Å². The molecule has 2 saturated heterocycles. The minimum Gasteiger partial charge on any atom is -0.477 e. The zero-order valence-electron chi connectivity index (χ0n) is 15.8. The van der Waals surface area contributed by atoms with Crippen LogP contribution >= 0.6 is 0 Å². The van der Waals surface area contributed by atoms with Crippen LogP contribution in [-0.4, -0.2) is 59.6 Å². The van der Waals surface area contributed by atoms with E-state index < -0.39 is 17.2 Å². The summed E-state index contributed by atoms with van der Waals surface area (Å²) in [6.07, 6.45) is 3.07. The van der Waals surface area contributed by atoms with E-state index >= 15 is 4.39 Å². The van der Waals surface area contributed by atoms with Crippen molar-refractivity contribution in [3.8, 4) is 0 Å². The molecule has 0 atom stereocenters. The number of aromatic carboxylic acids is 1. The molecule has 0 aromatic carbocycles. The Balaban J connectivity index is 1.65. The first kappa shape index (κ1) is 18.0. The van der Waals surface area contributed by atoms with Crippen molar-refractivity contribution in [3.05, 3.63) is 33.9 Å². The van der Waals surface area contributed by atoms with Crippen molar-refractivity contribution in [1.82, 2.24) is 14.9 Å². The molecule has 0 bridgehead atoms. The summed E-state index contributed by atoms with van der Waals surface area (Å²) in [6, 6.07) is 1.19. The van der Waals surface area contributed by atoms with Crippen LogP contribution in [0.15, 0.2) is 22.2 Å². The van der Waals surface area contributed by atoms with E-state index in [9.17, 15) is 14.7 Å². The third kappa shape index (κ3) is 2.70. The fraction of sp³-hybridized carbons (Fsp3) is 0.474. The molecule has 2 aliphatic heterocycles. The monoisotopic (exact) mass is 401 g/mol. The van der Waals surface area contributed by atoms with Crippen LogP contribution in [0.5, 0.6) is 0 Å². The van der Waals surface area contributed by atoms with E-state index in [0.717, 1.165) is 37.7 Å². The number of hydrogen-bond donors (Lipinski definition) is 2. The summed E-state index contributed by atoms with van der Waals surface area (Å²) in [7, 11) is 1.48. The first-order valence-electron chi connectivity index (χ1n) is 9.48. The second kappa shape index (κ2) is 6.24. The second-order valence-corrected chi connectivity index (χ2v) is 7.94. The number of aromatic nitrogens is 2. The highest BCUT2D eigenvalue weighted by Crippen LogP contribution is 2.39. The molecule has 1 aliphatic carbocycles. The number of pyridine rings is 2. The van der Waals surface area contributed by atoms with Crippen LogP contribution in [0.2, 0.25) is 0 Å². The van der Waals surface area contributed by atoms with Gasteiger partial charge in [-0.3, -0.25) is 4.79 Å². The lowest BCUT2D eigenvalue weighted by molar-refractivity contribution is 0.0695. The summed E-state index contributed by atoms with van der Waals surface area (Å²) in [5, 5.41) is 16.7. The van der Waals surface area contributed by atoms with Gasteiger partial charge in [-0.1, -0.05) is 5.16 Å². The summed E-state index contributed by atoms with van der Waals surface area (Å²) >= 11 is 0. The fourth-order valence-corrected chi connectivity index (χ4v) is 4.23. The molecule has 0 radical (unpaired) electrons. The van der Waals surface area contributed by atoms with Crippen LogP contribution in [0, 0.1) is 11.2 Å². The van der Waals surface area contributed by atoms with Gasteiger partial charge in [-0.15, -0.1) is 0 Å². The molecule has 2 N–H and O–H groups in total. The largest absolute Gasteiger partial charge is 0.477 e. The van der Waals surface area contributed by atoms with E-state index in [0.29, 0.717) is 18.7 Å². The molecule has 29 heavy (non-hydrogen) atoms. The Bertz CT molecular complexity index is 1120. The lowest BCUT2D eigenvalue weighted by Gasteiger charge is -2.38. The van der Waals surface area contributed by atoms with Crippen LogP contribution in [0.25, 0.3) is 11.0 Å². The van der Waals surface area contributed by atoms with Gasteiger partial charge in [0.1, 0.15) is 18.3 Å². The van der Waals surface area contributed by atoms with Crippen molar-refractivity contribution in [1.29, 1.82) is 0 Å². The fourth-order valence-electron chi connectivity index (χ4n) is 4.23. The number of carboxylic acids is 1. The molecule has 0 amide bonds. The number of nitrogens with one attached hydrogen (secondary N) is 1. The Morgan fingerprint density at radius 2 is 2.21 bits per heavy atom. The van der Waals surface area contributed by atoms with Gasteiger partial charge in [0, 0.05) is 31.9 Å². The SMILES string of the molecule is CO/N=C1/CN(c2nc3c(cc2F)c(=O)c(C(=O)O)cn3C2CC2)CC12CNC2. The number of fused-ring (bicyclic) bond motifs is 1. The third-order valence-corrected chi connectivity index (χ3v) is 5.98. The molecule has 5 rings (SSSR count). The molecule has 0 unspecified atom stereocenters. The number of anilines is 1. The number of halogens is 1. The van der Waals surface area contributed by atoms with Gasteiger partial charge in [0.15, 0.2) is 11.6 Å². The highest BCUT2D eigenvalue weighted by molar-refractivity contribution is 5.98. The molecule has 4 heterocycles. The number of carboxylic acid groups (broad SMARTS) is 1. The maximum absolute atomic E-state index is 15.0. The topological polar surface area (TPSA) is 109 Å². The van der Waals surface area contributed by atoms with Crippen molar-refractivity contribution in [3.63, 3.8) is 0 Å². The molecule has 3 fully saturated rings. The minimum atomic E-state index is -1.32. The van der Waals surface area contributed by atoms with Gasteiger partial charge in [0.2, 0.25) is 5.43 Å². The van der Waals surface area contributed by atoms with Crippen LogP contribution in [0.1, 0.15) is 29.2 Å². The zero-order valence-corrected chi connectivity index (χ0v) is 15.8. The molecule has 9 nitrogen and oxygen atoms in total. The first-order valence-corrected chi connectivity index (χ1v) is 9.48. The maximum atomic E-state index is 15.0. The van der Waals surface area contributed by atoms with Crippen molar-refractivity contribution in [2.45, 2.75) is 18.9 Å². The molecular formula is C19H20FN5O4. The molecule has 1 saturated carbocycles. The van der Waals surface area contributed by atoms with E-state index in [1.165, 1.54) is 13.3 Å².